The van der Waals surface area contributed by atoms with Crippen molar-refractivity contribution in [2.24, 2.45) is 5.92 Å². The Morgan fingerprint density at radius 1 is 1.27 bits per heavy atom. The van der Waals surface area contributed by atoms with Crippen molar-refractivity contribution in [3.63, 3.8) is 0 Å². The molecule has 2 atom stereocenters. The van der Waals surface area contributed by atoms with Crippen LogP contribution >= 0.6 is 0 Å². The second-order valence-corrected chi connectivity index (χ2v) is 8.85. The van der Waals surface area contributed by atoms with Crippen LogP contribution in [0.4, 0.5) is 26.5 Å². The molecule has 2 aromatic heterocycles. The first-order chi connectivity index (χ1) is 15.6. The van der Waals surface area contributed by atoms with E-state index in [-0.39, 0.29) is 41.2 Å². The van der Waals surface area contributed by atoms with Crippen LogP contribution in [0.25, 0.3) is 0 Å². The number of methoxy groups -OCH3 is 1. The highest BCUT2D eigenvalue weighted by molar-refractivity contribution is 5.68. The Kier molecular flexibility index (Phi) is 7.16. The highest BCUT2D eigenvalue weighted by Gasteiger charge is 2.37. The van der Waals surface area contributed by atoms with E-state index in [1.807, 2.05) is 13.0 Å². The Morgan fingerprint density at radius 3 is 2.48 bits per heavy atom. The molecule has 11 heteroatoms. The average Bonchev–Trinajstić information content (AvgIpc) is 3.57. The Morgan fingerprint density at radius 2 is 1.94 bits per heavy atom. The highest BCUT2D eigenvalue weighted by atomic mass is 19.1. The Bertz CT molecular complexity index is 1030. The third-order valence-corrected chi connectivity index (χ3v) is 4.89. The average molecular weight is 458 g/mol. The molecular weight excluding hydrogens is 429 g/mol. The summed E-state index contributed by atoms with van der Waals surface area (Å²) < 4.78 is 25.1. The molecule has 3 rings (SSSR count). The molecule has 0 radical (unpaired) electrons. The summed E-state index contributed by atoms with van der Waals surface area (Å²) in [4.78, 5) is 24.5. The van der Waals surface area contributed by atoms with Crippen molar-refractivity contribution < 1.29 is 18.7 Å². The van der Waals surface area contributed by atoms with Crippen LogP contribution in [0, 0.1) is 23.1 Å². The fourth-order valence-corrected chi connectivity index (χ4v) is 3.24. The maximum Gasteiger partial charge on any atom is 0.407 e. The van der Waals surface area contributed by atoms with Crippen LogP contribution in [0.15, 0.2) is 18.5 Å². The van der Waals surface area contributed by atoms with Crippen LogP contribution in [-0.4, -0.2) is 45.8 Å². The fraction of sp³-hybridized carbons (Fsp3) is 0.500. The summed E-state index contributed by atoms with van der Waals surface area (Å²) in [5, 5.41) is 18.3. The Hall–Kier alpha value is -3.68. The summed E-state index contributed by atoms with van der Waals surface area (Å²) in [6.45, 7) is 7.18. The number of nitrogens with one attached hydrogen (secondary N) is 3. The maximum atomic E-state index is 14.8. The Labute approximate surface area is 191 Å². The molecule has 0 aromatic carbocycles. The first-order valence-electron chi connectivity index (χ1n) is 10.6. The summed E-state index contributed by atoms with van der Waals surface area (Å²) in [5.41, 5.74) is -0.147. The van der Waals surface area contributed by atoms with E-state index in [9.17, 15) is 14.4 Å². The van der Waals surface area contributed by atoms with Crippen LogP contribution in [0.5, 0.6) is 6.01 Å². The molecule has 1 saturated carbocycles. The molecule has 176 valence electrons. The molecule has 2 heterocycles. The lowest BCUT2D eigenvalue weighted by molar-refractivity contribution is 0.0501. The molecule has 0 bridgehead atoms. The second-order valence-electron chi connectivity index (χ2n) is 8.85. The van der Waals surface area contributed by atoms with Gasteiger partial charge < -0.3 is 25.4 Å². The van der Waals surface area contributed by atoms with Gasteiger partial charge in [0.05, 0.1) is 36.8 Å². The van der Waals surface area contributed by atoms with Gasteiger partial charge in [-0.3, -0.25) is 0 Å². The predicted octanol–water partition coefficient (Wildman–Crippen LogP) is 3.74. The van der Waals surface area contributed by atoms with Crippen molar-refractivity contribution in [2.75, 3.05) is 17.7 Å². The van der Waals surface area contributed by atoms with E-state index < -0.39 is 17.5 Å². The van der Waals surface area contributed by atoms with Crippen molar-refractivity contribution >= 4 is 23.4 Å². The van der Waals surface area contributed by atoms with Gasteiger partial charge in [0, 0.05) is 6.04 Å². The van der Waals surface area contributed by atoms with Gasteiger partial charge in [-0.25, -0.2) is 24.1 Å². The summed E-state index contributed by atoms with van der Waals surface area (Å²) in [5.74, 6) is -0.297. The Balaban J connectivity index is 1.79. The third-order valence-electron chi connectivity index (χ3n) is 4.89. The standard InChI is InChI=1S/C22H28FN7O3/c1-12(27-21(31)33-22(2,3)4)17(13-6-7-13)29-19-16(23)8-14(9-24)18(30-19)28-15-10-25-20(32-5)26-11-15/h8,10-13,17H,6-7H2,1-5H3,(H,27,31)(H2,28,29,30)/t12-,17-/m0/s1. The van der Waals surface area contributed by atoms with Crippen LogP contribution in [0.2, 0.25) is 0 Å². The number of nitriles is 1. The number of carbonyl (C=O) groups excluding carboxylic acids is 1. The lowest BCUT2D eigenvalue weighted by Crippen LogP contribution is -2.47. The number of nitrogens with zero attached hydrogens (tertiary/aromatic N) is 4. The molecule has 33 heavy (non-hydrogen) atoms. The van der Waals surface area contributed by atoms with Gasteiger partial charge in [-0.2, -0.15) is 5.26 Å². The van der Waals surface area contributed by atoms with Crippen LogP contribution in [-0.2, 0) is 4.74 Å². The van der Waals surface area contributed by atoms with Crippen LogP contribution in [0.1, 0.15) is 46.1 Å². The van der Waals surface area contributed by atoms with Crippen molar-refractivity contribution in [3.8, 4) is 12.1 Å². The number of carbonyl (C=O) groups is 1. The summed E-state index contributed by atoms with van der Waals surface area (Å²) in [6.07, 6.45) is 4.28. The van der Waals surface area contributed by atoms with Gasteiger partial charge in [0.15, 0.2) is 17.5 Å². The van der Waals surface area contributed by atoms with Gasteiger partial charge in [-0.05, 0) is 52.5 Å². The van der Waals surface area contributed by atoms with Crippen molar-refractivity contribution in [2.45, 2.75) is 58.2 Å². The predicted molar refractivity (Wildman–Crippen MR) is 120 cm³/mol. The molecule has 1 aliphatic rings. The number of hydrogen-bond donors (Lipinski definition) is 3. The van der Waals surface area contributed by atoms with Crippen molar-refractivity contribution in [1.29, 1.82) is 5.26 Å². The molecule has 1 amide bonds. The van der Waals surface area contributed by atoms with Gasteiger partial charge in [-0.15, -0.1) is 0 Å². The number of rotatable bonds is 8. The SMILES string of the molecule is COc1ncc(Nc2nc(N[C@H](C3CC3)[C@H](C)NC(=O)OC(C)(C)C)c(F)cc2C#N)cn1. The van der Waals surface area contributed by atoms with Gasteiger partial charge in [-0.1, -0.05) is 0 Å². The summed E-state index contributed by atoms with van der Waals surface area (Å²) in [7, 11) is 1.45. The molecule has 2 aromatic rings. The number of ether oxygens (including phenoxy) is 2. The molecule has 0 unspecified atom stereocenters. The monoisotopic (exact) mass is 457 g/mol. The van der Waals surface area contributed by atoms with Gasteiger partial charge >= 0.3 is 12.1 Å². The quantitative estimate of drug-likeness (QED) is 0.542. The molecule has 0 saturated heterocycles. The number of hydrogen-bond acceptors (Lipinski definition) is 9. The largest absolute Gasteiger partial charge is 0.467 e. The number of pyridine rings is 1. The minimum Gasteiger partial charge on any atom is -0.467 e. The lowest BCUT2D eigenvalue weighted by atomic mass is 10.0. The van der Waals surface area contributed by atoms with E-state index in [0.717, 1.165) is 18.9 Å². The zero-order valence-electron chi connectivity index (χ0n) is 19.3. The molecular formula is C22H28FN7O3. The van der Waals surface area contributed by atoms with Crippen LogP contribution in [0.3, 0.4) is 0 Å². The summed E-state index contributed by atoms with van der Waals surface area (Å²) >= 11 is 0. The van der Waals surface area contributed by atoms with Gasteiger partial charge in [0.2, 0.25) is 0 Å². The normalized spacial score (nSPS) is 15.1. The zero-order chi connectivity index (χ0) is 24.2. The zero-order valence-corrected chi connectivity index (χ0v) is 19.3. The second kappa shape index (κ2) is 9.85. The van der Waals surface area contributed by atoms with E-state index >= 15 is 0 Å². The fourth-order valence-electron chi connectivity index (χ4n) is 3.24. The van der Waals surface area contributed by atoms with Gasteiger partial charge in [0.1, 0.15) is 11.7 Å². The van der Waals surface area contributed by atoms with E-state index in [2.05, 4.69) is 30.9 Å². The third kappa shape index (κ3) is 6.65. The first kappa shape index (κ1) is 24.0. The number of amides is 1. The smallest absolute Gasteiger partial charge is 0.407 e. The van der Waals surface area contributed by atoms with Crippen molar-refractivity contribution in [3.05, 3.63) is 29.8 Å². The van der Waals surface area contributed by atoms with E-state index in [1.165, 1.54) is 19.5 Å². The van der Waals surface area contributed by atoms with Crippen molar-refractivity contribution in [1.82, 2.24) is 20.3 Å². The number of aromatic nitrogens is 3. The highest BCUT2D eigenvalue weighted by Crippen LogP contribution is 2.36. The van der Waals surface area contributed by atoms with E-state index in [4.69, 9.17) is 9.47 Å². The minimum absolute atomic E-state index is 0.0248. The lowest BCUT2D eigenvalue weighted by Gasteiger charge is -2.28. The molecule has 3 N–H and O–H groups in total. The minimum atomic E-state index is -0.668. The topological polar surface area (TPSA) is 134 Å². The number of anilines is 3. The van der Waals surface area contributed by atoms with E-state index in [1.54, 1.807) is 20.8 Å². The molecule has 0 aliphatic heterocycles. The molecule has 1 aliphatic carbocycles. The van der Waals surface area contributed by atoms with Gasteiger partial charge in [0.25, 0.3) is 0 Å². The summed E-state index contributed by atoms with van der Waals surface area (Å²) in [6, 6.07) is 2.61. The van der Waals surface area contributed by atoms with Crippen LogP contribution < -0.4 is 20.7 Å². The molecule has 10 nitrogen and oxygen atoms in total. The molecule has 0 spiro atoms. The number of halogens is 1. The maximum absolute atomic E-state index is 14.8. The van der Waals surface area contributed by atoms with E-state index in [0.29, 0.717) is 5.69 Å². The number of alkyl carbamates (subject to hydrolysis) is 1. The first-order valence-corrected chi connectivity index (χ1v) is 10.6. The molecule has 1 fully saturated rings.